The first-order valence-corrected chi connectivity index (χ1v) is 11.0. The Balaban J connectivity index is 1.14. The maximum Gasteiger partial charge on any atom is 0.317 e. The zero-order valence-electron chi connectivity index (χ0n) is 16.3. The number of carbonyl (C=O) groups is 2. The van der Waals surface area contributed by atoms with Crippen LogP contribution in [0.15, 0.2) is 0 Å². The van der Waals surface area contributed by atoms with Crippen molar-refractivity contribution in [1.29, 1.82) is 0 Å². The highest BCUT2D eigenvalue weighted by Gasteiger charge is 2.55. The molecule has 3 amide bonds. The van der Waals surface area contributed by atoms with Gasteiger partial charge < -0.3 is 19.9 Å². The van der Waals surface area contributed by atoms with Crippen LogP contribution in [0.4, 0.5) is 4.79 Å². The average Bonchev–Trinajstić information content (AvgIpc) is 3.18. The molecule has 2 heterocycles. The molecule has 150 valence electrons. The number of urea groups is 1. The van der Waals surface area contributed by atoms with E-state index in [9.17, 15) is 9.59 Å². The Hall–Kier alpha value is -1.30. The minimum absolute atomic E-state index is 0.00703. The van der Waals surface area contributed by atoms with E-state index in [-0.39, 0.29) is 17.6 Å². The van der Waals surface area contributed by atoms with Gasteiger partial charge in [-0.15, -0.1) is 0 Å². The van der Waals surface area contributed by atoms with Gasteiger partial charge in [-0.05, 0) is 69.1 Å². The lowest BCUT2D eigenvalue weighted by Gasteiger charge is -2.57. The lowest BCUT2D eigenvalue weighted by molar-refractivity contribution is -0.159. The minimum Gasteiger partial charge on any atom is -0.376 e. The highest BCUT2D eigenvalue weighted by molar-refractivity contribution is 5.84. The van der Waals surface area contributed by atoms with E-state index in [2.05, 4.69) is 10.2 Å². The van der Waals surface area contributed by atoms with Crippen LogP contribution in [-0.2, 0) is 9.53 Å². The second kappa shape index (κ2) is 6.94. The molecular formula is C21H33N3O3. The van der Waals surface area contributed by atoms with E-state index < -0.39 is 0 Å². The summed E-state index contributed by atoms with van der Waals surface area (Å²) in [6.45, 7) is 4.09. The molecule has 0 aromatic heterocycles. The van der Waals surface area contributed by atoms with Gasteiger partial charge >= 0.3 is 6.03 Å². The lowest BCUT2D eigenvalue weighted by atomic mass is 9.49. The Morgan fingerprint density at radius 2 is 1.52 bits per heavy atom. The summed E-state index contributed by atoms with van der Waals surface area (Å²) in [6, 6.07) is -0.00703. The van der Waals surface area contributed by atoms with E-state index in [1.807, 2.05) is 4.90 Å². The molecule has 4 saturated carbocycles. The topological polar surface area (TPSA) is 61.9 Å². The van der Waals surface area contributed by atoms with Crippen LogP contribution in [0.5, 0.6) is 0 Å². The molecule has 2 aliphatic heterocycles. The fraction of sp³-hybridized carbons (Fsp3) is 0.905. The van der Waals surface area contributed by atoms with Crippen molar-refractivity contribution in [2.24, 2.45) is 23.2 Å². The van der Waals surface area contributed by atoms with E-state index in [0.717, 1.165) is 56.5 Å². The molecule has 6 rings (SSSR count). The number of carbonyl (C=O) groups excluding carboxylic acids is 2. The van der Waals surface area contributed by atoms with Crippen LogP contribution in [0.25, 0.3) is 0 Å². The monoisotopic (exact) mass is 375 g/mol. The fourth-order valence-electron chi connectivity index (χ4n) is 6.94. The van der Waals surface area contributed by atoms with Crippen LogP contribution >= 0.6 is 0 Å². The Kier molecular flexibility index (Phi) is 4.57. The molecule has 0 aromatic rings. The van der Waals surface area contributed by atoms with Gasteiger partial charge in [0.1, 0.15) is 0 Å². The van der Waals surface area contributed by atoms with Crippen molar-refractivity contribution in [2.45, 2.75) is 57.5 Å². The summed E-state index contributed by atoms with van der Waals surface area (Å²) in [7, 11) is 0. The molecule has 6 fully saturated rings. The maximum absolute atomic E-state index is 13.4. The standard InChI is InChI=1S/C21H33N3O3/c25-19(21-11-15-8-16(12-21)10-17(9-15)13-21)23-3-5-24(6-4-23)20(26)22-14-18-2-1-7-27-18/h15-18H,1-14H2,(H,22,26). The SMILES string of the molecule is O=C(NCC1CCCO1)N1CCN(C(=O)C23CC4CC(CC(C4)C2)C3)CC1. The summed E-state index contributed by atoms with van der Waals surface area (Å²) in [4.78, 5) is 29.8. The predicted octanol–water partition coefficient (Wildman–Crippen LogP) is 2.24. The quantitative estimate of drug-likeness (QED) is 0.823. The number of piperazine rings is 1. The number of hydrogen-bond acceptors (Lipinski definition) is 3. The number of nitrogens with one attached hydrogen (secondary N) is 1. The molecule has 27 heavy (non-hydrogen) atoms. The van der Waals surface area contributed by atoms with E-state index in [1.54, 1.807) is 0 Å². The normalized spacial score (nSPS) is 40.4. The number of nitrogens with zero attached hydrogens (tertiary/aromatic N) is 2. The average molecular weight is 376 g/mol. The van der Waals surface area contributed by atoms with Crippen LogP contribution in [0.2, 0.25) is 0 Å². The van der Waals surface area contributed by atoms with E-state index in [4.69, 9.17) is 4.74 Å². The molecule has 0 spiro atoms. The molecule has 0 radical (unpaired) electrons. The molecule has 4 bridgehead atoms. The molecule has 6 nitrogen and oxygen atoms in total. The van der Waals surface area contributed by atoms with Crippen LogP contribution in [0.1, 0.15) is 51.4 Å². The summed E-state index contributed by atoms with van der Waals surface area (Å²) in [5.74, 6) is 2.79. The smallest absolute Gasteiger partial charge is 0.317 e. The van der Waals surface area contributed by atoms with Gasteiger partial charge in [-0.25, -0.2) is 4.79 Å². The van der Waals surface area contributed by atoms with Crippen LogP contribution < -0.4 is 5.32 Å². The van der Waals surface area contributed by atoms with Gasteiger partial charge in [-0.1, -0.05) is 0 Å². The highest BCUT2D eigenvalue weighted by atomic mass is 16.5. The molecule has 2 saturated heterocycles. The van der Waals surface area contributed by atoms with Gasteiger partial charge in [0.25, 0.3) is 0 Å². The summed E-state index contributed by atoms with van der Waals surface area (Å²) in [5.41, 5.74) is -0.0566. The number of rotatable bonds is 3. The van der Waals surface area contributed by atoms with Crippen molar-refractivity contribution in [3.05, 3.63) is 0 Å². The van der Waals surface area contributed by atoms with E-state index in [0.29, 0.717) is 38.6 Å². The highest BCUT2D eigenvalue weighted by Crippen LogP contribution is 2.60. The van der Waals surface area contributed by atoms with E-state index in [1.165, 1.54) is 19.3 Å². The Labute approximate surface area is 162 Å². The van der Waals surface area contributed by atoms with Gasteiger partial charge in [0.05, 0.1) is 11.5 Å². The minimum atomic E-state index is -0.0566. The van der Waals surface area contributed by atoms with Crippen molar-refractivity contribution in [3.63, 3.8) is 0 Å². The van der Waals surface area contributed by atoms with Crippen LogP contribution in [0.3, 0.4) is 0 Å². The molecule has 1 atom stereocenters. The summed E-state index contributed by atoms with van der Waals surface area (Å²) in [6.07, 6.45) is 9.77. The second-order valence-electron chi connectivity index (χ2n) is 9.80. The Bertz CT molecular complexity index is 558. The number of ether oxygens (including phenoxy) is 1. The largest absolute Gasteiger partial charge is 0.376 e. The molecular weight excluding hydrogens is 342 g/mol. The number of hydrogen-bond donors (Lipinski definition) is 1. The predicted molar refractivity (Wildman–Crippen MR) is 101 cm³/mol. The molecule has 6 aliphatic rings. The first kappa shape index (κ1) is 17.8. The zero-order valence-corrected chi connectivity index (χ0v) is 16.3. The van der Waals surface area contributed by atoms with Gasteiger partial charge in [0.15, 0.2) is 0 Å². The third-order valence-electron chi connectivity index (χ3n) is 7.85. The summed E-state index contributed by atoms with van der Waals surface area (Å²) in [5, 5.41) is 3.01. The van der Waals surface area contributed by atoms with Gasteiger partial charge in [0, 0.05) is 39.3 Å². The summed E-state index contributed by atoms with van der Waals surface area (Å²) >= 11 is 0. The first-order valence-electron chi connectivity index (χ1n) is 11.0. The third kappa shape index (κ3) is 3.34. The fourth-order valence-corrected chi connectivity index (χ4v) is 6.94. The van der Waals surface area contributed by atoms with Crippen molar-refractivity contribution < 1.29 is 14.3 Å². The summed E-state index contributed by atoms with van der Waals surface area (Å²) < 4.78 is 5.57. The van der Waals surface area contributed by atoms with Gasteiger partial charge in [-0.3, -0.25) is 4.79 Å². The Morgan fingerprint density at radius 3 is 2.07 bits per heavy atom. The Morgan fingerprint density at radius 1 is 0.926 bits per heavy atom. The van der Waals surface area contributed by atoms with E-state index >= 15 is 0 Å². The van der Waals surface area contributed by atoms with Crippen molar-refractivity contribution >= 4 is 11.9 Å². The first-order chi connectivity index (χ1) is 13.1. The van der Waals surface area contributed by atoms with Gasteiger partial charge in [-0.2, -0.15) is 0 Å². The molecule has 6 heteroatoms. The van der Waals surface area contributed by atoms with Crippen LogP contribution in [-0.4, -0.2) is 67.2 Å². The molecule has 4 aliphatic carbocycles. The van der Waals surface area contributed by atoms with Crippen molar-refractivity contribution in [3.8, 4) is 0 Å². The van der Waals surface area contributed by atoms with Crippen molar-refractivity contribution in [2.75, 3.05) is 39.3 Å². The third-order valence-corrected chi connectivity index (χ3v) is 7.85. The molecule has 0 aromatic carbocycles. The van der Waals surface area contributed by atoms with Crippen LogP contribution in [0, 0.1) is 23.2 Å². The molecule has 1 unspecified atom stereocenters. The van der Waals surface area contributed by atoms with Crippen molar-refractivity contribution in [1.82, 2.24) is 15.1 Å². The second-order valence-corrected chi connectivity index (χ2v) is 9.80. The number of amides is 3. The maximum atomic E-state index is 13.4. The zero-order chi connectivity index (χ0) is 18.4. The molecule has 1 N–H and O–H groups in total. The van der Waals surface area contributed by atoms with Gasteiger partial charge in [0.2, 0.25) is 5.91 Å². The lowest BCUT2D eigenvalue weighted by Crippen LogP contribution is -2.59.